The van der Waals surface area contributed by atoms with Gasteiger partial charge in [0, 0.05) is 12.1 Å². The lowest BCUT2D eigenvalue weighted by atomic mass is 10.0. The maximum Gasteiger partial charge on any atom is 0.00938 e. The van der Waals surface area contributed by atoms with Crippen LogP contribution >= 0.6 is 0 Å². The first kappa shape index (κ1) is 12.4. The molecule has 2 aliphatic rings. The second-order valence-electron chi connectivity index (χ2n) is 5.86. The number of nitrogens with zero attached hydrogens (tertiary/aromatic N) is 1. The first-order valence-electron chi connectivity index (χ1n) is 7.26. The molecule has 1 aliphatic carbocycles. The van der Waals surface area contributed by atoms with Crippen LogP contribution in [0.2, 0.25) is 0 Å². The van der Waals surface area contributed by atoms with Crippen LogP contribution in [0, 0.1) is 5.92 Å². The monoisotopic (exact) mass is 224 g/mol. The molecule has 1 saturated carbocycles. The Kier molecular flexibility index (Phi) is 4.66. The van der Waals surface area contributed by atoms with Gasteiger partial charge in [0.2, 0.25) is 0 Å². The average molecular weight is 224 g/mol. The van der Waals surface area contributed by atoms with Crippen LogP contribution < -0.4 is 5.32 Å². The number of piperidine rings is 1. The predicted molar refractivity (Wildman–Crippen MR) is 69.7 cm³/mol. The van der Waals surface area contributed by atoms with Gasteiger partial charge in [0.15, 0.2) is 0 Å². The van der Waals surface area contributed by atoms with E-state index in [2.05, 4.69) is 24.1 Å². The van der Waals surface area contributed by atoms with Crippen LogP contribution in [0.4, 0.5) is 0 Å². The third-order valence-corrected chi connectivity index (χ3v) is 4.03. The molecule has 0 amide bonds. The van der Waals surface area contributed by atoms with Crippen molar-refractivity contribution in [2.24, 2.45) is 5.92 Å². The molecule has 0 bridgehead atoms. The molecule has 0 spiro atoms. The molecule has 1 aliphatic heterocycles. The van der Waals surface area contributed by atoms with Crippen molar-refractivity contribution in [1.82, 2.24) is 10.2 Å². The van der Waals surface area contributed by atoms with Gasteiger partial charge >= 0.3 is 0 Å². The van der Waals surface area contributed by atoms with Crippen LogP contribution in [0.15, 0.2) is 0 Å². The zero-order chi connectivity index (χ0) is 11.4. The molecule has 2 rings (SSSR count). The van der Waals surface area contributed by atoms with Crippen molar-refractivity contribution in [2.75, 3.05) is 19.6 Å². The molecule has 1 atom stereocenters. The SMILES string of the molecule is CCCN1CCC(NC(C)CC2CC2)CC1. The van der Waals surface area contributed by atoms with Gasteiger partial charge in [-0.15, -0.1) is 0 Å². The normalized spacial score (nSPS) is 25.9. The minimum absolute atomic E-state index is 0.746. The fourth-order valence-electron chi connectivity index (χ4n) is 2.96. The van der Waals surface area contributed by atoms with E-state index in [0.717, 1.165) is 18.0 Å². The van der Waals surface area contributed by atoms with E-state index in [1.165, 1.54) is 58.2 Å². The van der Waals surface area contributed by atoms with Gasteiger partial charge in [0.25, 0.3) is 0 Å². The highest BCUT2D eigenvalue weighted by Gasteiger charge is 2.25. The van der Waals surface area contributed by atoms with Crippen LogP contribution in [0.25, 0.3) is 0 Å². The topological polar surface area (TPSA) is 15.3 Å². The summed E-state index contributed by atoms with van der Waals surface area (Å²) in [6.45, 7) is 8.56. The van der Waals surface area contributed by atoms with Gasteiger partial charge in [-0.3, -0.25) is 0 Å². The first-order valence-corrected chi connectivity index (χ1v) is 7.26. The highest BCUT2D eigenvalue weighted by Crippen LogP contribution is 2.33. The molecule has 0 aromatic heterocycles. The first-order chi connectivity index (χ1) is 7.78. The van der Waals surface area contributed by atoms with Crippen molar-refractivity contribution in [3.8, 4) is 0 Å². The van der Waals surface area contributed by atoms with E-state index in [0.29, 0.717) is 0 Å². The van der Waals surface area contributed by atoms with Gasteiger partial charge in [-0.2, -0.15) is 0 Å². The standard InChI is InChI=1S/C14H28N2/c1-3-8-16-9-6-14(7-10-16)15-12(2)11-13-4-5-13/h12-15H,3-11H2,1-2H3. The summed E-state index contributed by atoms with van der Waals surface area (Å²) >= 11 is 0. The van der Waals surface area contributed by atoms with Gasteiger partial charge < -0.3 is 10.2 Å². The summed E-state index contributed by atoms with van der Waals surface area (Å²) in [5, 5.41) is 3.83. The minimum Gasteiger partial charge on any atom is -0.311 e. The van der Waals surface area contributed by atoms with Crippen molar-refractivity contribution < 1.29 is 0 Å². The van der Waals surface area contributed by atoms with Crippen molar-refractivity contribution in [1.29, 1.82) is 0 Å². The maximum atomic E-state index is 3.83. The lowest BCUT2D eigenvalue weighted by Crippen LogP contribution is -2.45. The van der Waals surface area contributed by atoms with Crippen molar-refractivity contribution in [2.45, 2.75) is 64.5 Å². The van der Waals surface area contributed by atoms with Crippen LogP contribution in [-0.2, 0) is 0 Å². The van der Waals surface area contributed by atoms with Crippen LogP contribution in [0.5, 0.6) is 0 Å². The third kappa shape index (κ3) is 4.06. The summed E-state index contributed by atoms with van der Waals surface area (Å²) in [4.78, 5) is 2.61. The Morgan fingerprint density at radius 2 is 1.88 bits per heavy atom. The van der Waals surface area contributed by atoms with Crippen molar-refractivity contribution >= 4 is 0 Å². The molecule has 2 nitrogen and oxygen atoms in total. The number of rotatable bonds is 6. The lowest BCUT2D eigenvalue weighted by molar-refractivity contribution is 0.190. The van der Waals surface area contributed by atoms with Crippen LogP contribution in [0.3, 0.4) is 0 Å². The third-order valence-electron chi connectivity index (χ3n) is 4.03. The molecule has 0 radical (unpaired) electrons. The number of hydrogen-bond donors (Lipinski definition) is 1. The lowest BCUT2D eigenvalue weighted by Gasteiger charge is -2.33. The van der Waals surface area contributed by atoms with Crippen LogP contribution in [-0.4, -0.2) is 36.6 Å². The van der Waals surface area contributed by atoms with Gasteiger partial charge in [0.05, 0.1) is 0 Å². The van der Waals surface area contributed by atoms with E-state index in [4.69, 9.17) is 0 Å². The molecule has 0 aromatic rings. The zero-order valence-electron chi connectivity index (χ0n) is 11.0. The summed E-state index contributed by atoms with van der Waals surface area (Å²) in [6, 6.07) is 1.54. The Balaban J connectivity index is 1.60. The molecule has 2 fully saturated rings. The number of nitrogens with one attached hydrogen (secondary N) is 1. The highest BCUT2D eigenvalue weighted by molar-refractivity contribution is 4.83. The average Bonchev–Trinajstić information content (AvgIpc) is 3.05. The molecular weight excluding hydrogens is 196 g/mol. The van der Waals surface area contributed by atoms with E-state index < -0.39 is 0 Å². The summed E-state index contributed by atoms with van der Waals surface area (Å²) < 4.78 is 0. The minimum atomic E-state index is 0.746. The van der Waals surface area contributed by atoms with Crippen molar-refractivity contribution in [3.05, 3.63) is 0 Å². The Morgan fingerprint density at radius 3 is 2.44 bits per heavy atom. The highest BCUT2D eigenvalue weighted by atomic mass is 15.1. The largest absolute Gasteiger partial charge is 0.311 e. The fraction of sp³-hybridized carbons (Fsp3) is 1.00. The van der Waals surface area contributed by atoms with Gasteiger partial charge in [-0.25, -0.2) is 0 Å². The summed E-state index contributed by atoms with van der Waals surface area (Å²) in [5.41, 5.74) is 0. The maximum absolute atomic E-state index is 3.83. The van der Waals surface area contributed by atoms with E-state index >= 15 is 0 Å². The zero-order valence-corrected chi connectivity index (χ0v) is 11.0. The van der Waals surface area contributed by atoms with E-state index in [9.17, 15) is 0 Å². The van der Waals surface area contributed by atoms with E-state index in [1.807, 2.05) is 0 Å². The molecule has 1 unspecified atom stereocenters. The molecule has 16 heavy (non-hydrogen) atoms. The smallest absolute Gasteiger partial charge is 0.00938 e. The molecule has 1 heterocycles. The number of hydrogen-bond acceptors (Lipinski definition) is 2. The van der Waals surface area contributed by atoms with E-state index in [-0.39, 0.29) is 0 Å². The van der Waals surface area contributed by atoms with Gasteiger partial charge in [0.1, 0.15) is 0 Å². The molecule has 1 saturated heterocycles. The molecular formula is C14H28N2. The summed E-state index contributed by atoms with van der Waals surface area (Å²) in [7, 11) is 0. The molecule has 2 heteroatoms. The second kappa shape index (κ2) is 6.02. The Bertz CT molecular complexity index is 193. The molecule has 0 aromatic carbocycles. The van der Waals surface area contributed by atoms with Gasteiger partial charge in [-0.05, 0) is 58.2 Å². The van der Waals surface area contributed by atoms with Crippen molar-refractivity contribution in [3.63, 3.8) is 0 Å². The molecule has 94 valence electrons. The Hall–Kier alpha value is -0.0800. The second-order valence-corrected chi connectivity index (χ2v) is 5.86. The Morgan fingerprint density at radius 1 is 1.19 bits per heavy atom. The van der Waals surface area contributed by atoms with Crippen LogP contribution in [0.1, 0.15) is 52.4 Å². The fourth-order valence-corrected chi connectivity index (χ4v) is 2.96. The van der Waals surface area contributed by atoms with E-state index in [1.54, 1.807) is 0 Å². The summed E-state index contributed by atoms with van der Waals surface area (Å²) in [5.74, 6) is 1.06. The summed E-state index contributed by atoms with van der Waals surface area (Å²) in [6.07, 6.45) is 8.40. The van der Waals surface area contributed by atoms with Gasteiger partial charge in [-0.1, -0.05) is 19.8 Å². The predicted octanol–water partition coefficient (Wildman–Crippen LogP) is 2.64. The molecule has 1 N–H and O–H groups in total. The quantitative estimate of drug-likeness (QED) is 0.746. The Labute approximate surface area is 101 Å². The number of likely N-dealkylation sites (tertiary alicyclic amines) is 1.